The Bertz CT molecular complexity index is 544. The second kappa shape index (κ2) is 4.17. The van der Waals surface area contributed by atoms with Crippen LogP contribution in [0.5, 0.6) is 0 Å². The van der Waals surface area contributed by atoms with E-state index in [2.05, 4.69) is 18.0 Å². The van der Waals surface area contributed by atoms with E-state index in [1.54, 1.807) is 0 Å². The number of nitrogens with zero attached hydrogens (tertiary/aromatic N) is 1. The fourth-order valence-corrected chi connectivity index (χ4v) is 2.60. The number of aryl methyl sites for hydroxylation is 1. The van der Waals surface area contributed by atoms with E-state index in [9.17, 15) is 5.11 Å². The Morgan fingerprint density at radius 1 is 1.41 bits per heavy atom. The lowest BCUT2D eigenvalue weighted by Crippen LogP contribution is -2.16. The van der Waals surface area contributed by atoms with Crippen LogP contribution in [0.2, 0.25) is 0 Å². The molecule has 3 heteroatoms. The van der Waals surface area contributed by atoms with Crippen molar-refractivity contribution in [3.8, 4) is 0 Å². The van der Waals surface area contributed by atoms with Gasteiger partial charge in [0, 0.05) is 10.9 Å². The number of fused-ring (bicyclic) bond motifs is 3. The molecule has 1 N–H and O–H groups in total. The quantitative estimate of drug-likeness (QED) is 0.818. The summed E-state index contributed by atoms with van der Waals surface area (Å²) in [5.74, 6) is 1.09. The van der Waals surface area contributed by atoms with Crippen LogP contribution in [0.4, 0.5) is 0 Å². The molecule has 0 bridgehead atoms. The highest BCUT2D eigenvalue weighted by atomic mass is 16.3. The highest BCUT2D eigenvalue weighted by molar-refractivity contribution is 5.83. The molecule has 0 fully saturated rings. The lowest BCUT2D eigenvalue weighted by molar-refractivity contribution is 0.282. The van der Waals surface area contributed by atoms with Crippen molar-refractivity contribution in [2.24, 2.45) is 0 Å². The first-order valence-electron chi connectivity index (χ1n) is 6.10. The highest BCUT2D eigenvalue weighted by Gasteiger charge is 2.18. The molecule has 1 aromatic heterocycles. The van der Waals surface area contributed by atoms with Crippen molar-refractivity contribution in [2.45, 2.75) is 26.0 Å². The molecular weight excluding hydrogens is 214 g/mol. The van der Waals surface area contributed by atoms with Crippen LogP contribution in [0.3, 0.4) is 0 Å². The van der Waals surface area contributed by atoms with Crippen LogP contribution in [0, 0.1) is 0 Å². The Morgan fingerprint density at radius 2 is 2.29 bits per heavy atom. The molecular formula is C14H17NO2. The monoisotopic (exact) mass is 231 g/mol. The van der Waals surface area contributed by atoms with Crippen molar-refractivity contribution < 1.29 is 9.52 Å². The summed E-state index contributed by atoms with van der Waals surface area (Å²) in [7, 11) is 2.13. The smallest absolute Gasteiger partial charge is 0.134 e. The lowest BCUT2D eigenvalue weighted by atomic mass is 10.0. The third kappa shape index (κ3) is 1.85. The zero-order valence-corrected chi connectivity index (χ0v) is 10.1. The van der Waals surface area contributed by atoms with E-state index in [4.69, 9.17) is 4.42 Å². The molecule has 1 aliphatic heterocycles. The molecule has 0 atom stereocenters. The number of hydrogen-bond donors (Lipinski definition) is 1. The van der Waals surface area contributed by atoms with Gasteiger partial charge >= 0.3 is 0 Å². The zero-order chi connectivity index (χ0) is 11.8. The van der Waals surface area contributed by atoms with Gasteiger partial charge in [-0.2, -0.15) is 0 Å². The molecule has 3 rings (SSSR count). The molecule has 3 nitrogen and oxygen atoms in total. The molecule has 0 unspecified atom stereocenters. The number of benzene rings is 1. The third-order valence-corrected chi connectivity index (χ3v) is 3.50. The lowest BCUT2D eigenvalue weighted by Gasteiger charge is -2.10. The van der Waals surface area contributed by atoms with Crippen LogP contribution in [-0.2, 0) is 19.6 Å². The van der Waals surface area contributed by atoms with Crippen molar-refractivity contribution in [1.82, 2.24) is 4.90 Å². The normalized spacial score (nSPS) is 17.1. The summed E-state index contributed by atoms with van der Waals surface area (Å²) in [5.41, 5.74) is 3.24. The Labute approximate surface area is 101 Å². The molecule has 0 saturated heterocycles. The minimum absolute atomic E-state index is 0.0931. The average molecular weight is 231 g/mol. The van der Waals surface area contributed by atoms with Gasteiger partial charge in [-0.05, 0) is 44.1 Å². The van der Waals surface area contributed by atoms with Crippen LogP contribution in [0.1, 0.15) is 23.3 Å². The molecule has 1 aromatic carbocycles. The van der Waals surface area contributed by atoms with Crippen LogP contribution >= 0.6 is 0 Å². The molecule has 0 radical (unpaired) electrons. The molecule has 17 heavy (non-hydrogen) atoms. The summed E-state index contributed by atoms with van der Waals surface area (Å²) >= 11 is 0. The predicted molar refractivity (Wildman–Crippen MR) is 66.8 cm³/mol. The van der Waals surface area contributed by atoms with Gasteiger partial charge in [-0.25, -0.2) is 0 Å². The van der Waals surface area contributed by atoms with Gasteiger partial charge in [0.25, 0.3) is 0 Å². The molecule has 2 aromatic rings. The first-order valence-corrected chi connectivity index (χ1v) is 6.10. The number of aliphatic hydroxyl groups is 1. The van der Waals surface area contributed by atoms with Crippen molar-refractivity contribution in [2.75, 3.05) is 13.6 Å². The molecule has 0 spiro atoms. The van der Waals surface area contributed by atoms with E-state index in [-0.39, 0.29) is 6.61 Å². The first kappa shape index (κ1) is 10.8. The number of aliphatic hydroxyl groups excluding tert-OH is 1. The average Bonchev–Trinajstić information content (AvgIpc) is 2.55. The fourth-order valence-electron chi connectivity index (χ4n) is 2.60. The van der Waals surface area contributed by atoms with Crippen LogP contribution in [-0.4, -0.2) is 23.6 Å². The van der Waals surface area contributed by atoms with E-state index >= 15 is 0 Å². The summed E-state index contributed by atoms with van der Waals surface area (Å²) in [6.07, 6.45) is 2.24. The van der Waals surface area contributed by atoms with Gasteiger partial charge in [0.15, 0.2) is 0 Å². The Balaban J connectivity index is 2.15. The van der Waals surface area contributed by atoms with Crippen LogP contribution in [0.25, 0.3) is 11.0 Å². The maximum absolute atomic E-state index is 9.20. The van der Waals surface area contributed by atoms with E-state index in [0.29, 0.717) is 0 Å². The topological polar surface area (TPSA) is 36.6 Å². The van der Waals surface area contributed by atoms with Gasteiger partial charge in [-0.15, -0.1) is 0 Å². The number of furan rings is 1. The molecule has 1 aliphatic rings. The maximum Gasteiger partial charge on any atom is 0.134 e. The maximum atomic E-state index is 9.20. The Morgan fingerprint density at radius 3 is 3.12 bits per heavy atom. The van der Waals surface area contributed by atoms with Gasteiger partial charge in [0.2, 0.25) is 0 Å². The van der Waals surface area contributed by atoms with E-state index in [1.165, 1.54) is 17.4 Å². The Hall–Kier alpha value is -1.32. The third-order valence-electron chi connectivity index (χ3n) is 3.50. The summed E-state index contributed by atoms with van der Waals surface area (Å²) in [4.78, 5) is 2.29. The SMILES string of the molecule is CN1CCCc2c(oc3ccc(CO)cc23)C1. The van der Waals surface area contributed by atoms with Crippen molar-refractivity contribution in [3.05, 3.63) is 35.1 Å². The van der Waals surface area contributed by atoms with Gasteiger partial charge in [-0.1, -0.05) is 6.07 Å². The zero-order valence-electron chi connectivity index (χ0n) is 10.1. The summed E-state index contributed by atoms with van der Waals surface area (Å²) in [5, 5.41) is 10.4. The highest BCUT2D eigenvalue weighted by Crippen LogP contribution is 2.30. The first-order chi connectivity index (χ1) is 8.28. The van der Waals surface area contributed by atoms with Crippen molar-refractivity contribution in [3.63, 3.8) is 0 Å². The number of rotatable bonds is 1. The largest absolute Gasteiger partial charge is 0.459 e. The summed E-state index contributed by atoms with van der Waals surface area (Å²) < 4.78 is 5.92. The van der Waals surface area contributed by atoms with Crippen LogP contribution in [0.15, 0.2) is 22.6 Å². The Kier molecular flexibility index (Phi) is 2.65. The fraction of sp³-hybridized carbons (Fsp3) is 0.429. The van der Waals surface area contributed by atoms with Crippen molar-refractivity contribution >= 4 is 11.0 Å². The van der Waals surface area contributed by atoms with Gasteiger partial charge in [0.1, 0.15) is 11.3 Å². The van der Waals surface area contributed by atoms with E-state index in [1.807, 2.05) is 12.1 Å². The minimum Gasteiger partial charge on any atom is -0.459 e. The molecule has 0 amide bonds. The number of hydrogen-bond acceptors (Lipinski definition) is 3. The summed E-state index contributed by atoms with van der Waals surface area (Å²) in [6, 6.07) is 5.95. The molecule has 0 saturated carbocycles. The summed E-state index contributed by atoms with van der Waals surface area (Å²) in [6.45, 7) is 2.10. The molecule has 2 heterocycles. The second-order valence-corrected chi connectivity index (χ2v) is 4.83. The molecule has 0 aliphatic carbocycles. The second-order valence-electron chi connectivity index (χ2n) is 4.83. The van der Waals surface area contributed by atoms with E-state index < -0.39 is 0 Å². The van der Waals surface area contributed by atoms with Crippen LogP contribution < -0.4 is 0 Å². The predicted octanol–water partition coefficient (Wildman–Crippen LogP) is 2.30. The van der Waals surface area contributed by atoms with Gasteiger partial charge < -0.3 is 9.52 Å². The minimum atomic E-state index is 0.0931. The van der Waals surface area contributed by atoms with Crippen molar-refractivity contribution in [1.29, 1.82) is 0 Å². The van der Waals surface area contributed by atoms with E-state index in [0.717, 1.165) is 36.4 Å². The van der Waals surface area contributed by atoms with Gasteiger partial charge in [-0.3, -0.25) is 4.90 Å². The molecule has 90 valence electrons. The standard InChI is InChI=1S/C14H17NO2/c1-15-6-2-3-11-12-7-10(9-16)4-5-13(12)17-14(11)8-15/h4-5,7,16H,2-3,6,8-9H2,1H3. The van der Waals surface area contributed by atoms with Gasteiger partial charge in [0.05, 0.1) is 13.2 Å².